The average molecular weight is 275 g/mol. The Kier molecular flexibility index (Phi) is 10.9. The zero-order valence-corrected chi connectivity index (χ0v) is 10.9. The van der Waals surface area contributed by atoms with Crippen molar-refractivity contribution in [3.63, 3.8) is 0 Å². The summed E-state index contributed by atoms with van der Waals surface area (Å²) in [5.41, 5.74) is 0. The SMILES string of the molecule is COS(=O)(=O)[O-].C[N+](CCO)(CCO)CCO. The standard InChI is InChI=1S/C7H18NO3.CH4O4S/c1-8(2-5-9,3-6-10)4-7-11;1-5-6(2,3)4/h9-11H,2-7H2,1H3;1H3,(H,2,3,4)/q+1;/p-1. The second kappa shape index (κ2) is 9.71. The van der Waals surface area contributed by atoms with Crippen LogP contribution in [0.25, 0.3) is 0 Å². The van der Waals surface area contributed by atoms with Crippen LogP contribution in [-0.4, -0.2) is 86.4 Å². The average Bonchev–Trinajstić information content (AvgIpc) is 2.18. The quantitative estimate of drug-likeness (QED) is 0.266. The molecule has 0 rings (SSSR count). The van der Waals surface area contributed by atoms with E-state index in [-0.39, 0.29) is 19.8 Å². The van der Waals surface area contributed by atoms with E-state index in [2.05, 4.69) is 4.18 Å². The van der Waals surface area contributed by atoms with Crippen LogP contribution in [0.4, 0.5) is 0 Å². The van der Waals surface area contributed by atoms with Gasteiger partial charge in [-0.1, -0.05) is 0 Å². The Morgan fingerprint density at radius 3 is 1.41 bits per heavy atom. The van der Waals surface area contributed by atoms with E-state index in [1.54, 1.807) is 0 Å². The van der Waals surface area contributed by atoms with Crippen molar-refractivity contribution in [2.24, 2.45) is 0 Å². The third kappa shape index (κ3) is 13.6. The minimum atomic E-state index is -4.41. The molecule has 0 fully saturated rings. The zero-order chi connectivity index (χ0) is 13.9. The molecule has 0 aliphatic heterocycles. The molecule has 0 aromatic heterocycles. The van der Waals surface area contributed by atoms with E-state index in [1.807, 2.05) is 7.05 Å². The Hall–Kier alpha value is -0.290. The number of rotatable bonds is 7. The minimum Gasteiger partial charge on any atom is -0.726 e. The molecule has 9 heteroatoms. The lowest BCUT2D eigenvalue weighted by molar-refractivity contribution is -0.910. The summed E-state index contributed by atoms with van der Waals surface area (Å²) >= 11 is 0. The van der Waals surface area contributed by atoms with Gasteiger partial charge in [0.05, 0.1) is 34.0 Å². The van der Waals surface area contributed by atoms with Gasteiger partial charge in [-0.2, -0.15) is 0 Å². The number of quaternary nitrogens is 1. The van der Waals surface area contributed by atoms with E-state index < -0.39 is 10.4 Å². The molecule has 0 amide bonds. The van der Waals surface area contributed by atoms with Gasteiger partial charge in [0.15, 0.2) is 0 Å². The van der Waals surface area contributed by atoms with Crippen LogP contribution in [0.2, 0.25) is 0 Å². The molecule has 0 spiro atoms. The van der Waals surface area contributed by atoms with Crippen LogP contribution in [0.1, 0.15) is 0 Å². The highest BCUT2D eigenvalue weighted by molar-refractivity contribution is 7.80. The number of aliphatic hydroxyl groups is 3. The predicted molar refractivity (Wildman–Crippen MR) is 58.7 cm³/mol. The van der Waals surface area contributed by atoms with Crippen LogP contribution in [-0.2, 0) is 14.6 Å². The molecule has 0 aliphatic rings. The summed E-state index contributed by atoms with van der Waals surface area (Å²) in [4.78, 5) is 0. The van der Waals surface area contributed by atoms with Gasteiger partial charge in [-0.15, -0.1) is 0 Å². The first-order valence-electron chi connectivity index (χ1n) is 4.92. The topological polar surface area (TPSA) is 127 Å². The second-order valence-corrected chi connectivity index (χ2v) is 4.69. The van der Waals surface area contributed by atoms with Crippen molar-refractivity contribution in [2.45, 2.75) is 0 Å². The highest BCUT2D eigenvalue weighted by Crippen LogP contribution is 1.99. The maximum Gasteiger partial charge on any atom is 0.217 e. The third-order valence-corrected chi connectivity index (χ3v) is 2.53. The van der Waals surface area contributed by atoms with Gasteiger partial charge in [0.1, 0.15) is 19.6 Å². The first-order valence-corrected chi connectivity index (χ1v) is 6.25. The van der Waals surface area contributed by atoms with Crippen LogP contribution in [0, 0.1) is 0 Å². The molecule has 0 radical (unpaired) electrons. The molecule has 0 unspecified atom stereocenters. The molecular weight excluding hydrogens is 254 g/mol. The fourth-order valence-electron chi connectivity index (χ4n) is 1.06. The Bertz CT molecular complexity index is 250. The summed E-state index contributed by atoms with van der Waals surface area (Å²) in [5.74, 6) is 0. The van der Waals surface area contributed by atoms with Crippen molar-refractivity contribution in [2.75, 3.05) is 53.6 Å². The summed E-state index contributed by atoms with van der Waals surface area (Å²) in [7, 11) is -1.70. The Labute approximate surface area is 102 Å². The highest BCUT2D eigenvalue weighted by Gasteiger charge is 2.18. The van der Waals surface area contributed by atoms with Gasteiger partial charge in [0, 0.05) is 0 Å². The molecule has 0 aromatic carbocycles. The van der Waals surface area contributed by atoms with Crippen LogP contribution in [0.15, 0.2) is 0 Å². The van der Waals surface area contributed by atoms with Crippen molar-refractivity contribution in [1.29, 1.82) is 0 Å². The van der Waals surface area contributed by atoms with Gasteiger partial charge in [0.2, 0.25) is 10.4 Å². The summed E-state index contributed by atoms with van der Waals surface area (Å²) in [6.07, 6.45) is 0. The maximum atomic E-state index is 9.22. The number of hydrogen-bond acceptors (Lipinski definition) is 7. The van der Waals surface area contributed by atoms with E-state index in [0.29, 0.717) is 24.1 Å². The monoisotopic (exact) mass is 275 g/mol. The lowest BCUT2D eigenvalue weighted by atomic mass is 10.4. The molecule has 0 heterocycles. The summed E-state index contributed by atoms with van der Waals surface area (Å²) < 4.78 is 31.6. The third-order valence-electron chi connectivity index (χ3n) is 2.12. The normalized spacial score (nSPS) is 11.9. The van der Waals surface area contributed by atoms with Crippen LogP contribution in [0.5, 0.6) is 0 Å². The van der Waals surface area contributed by atoms with Crippen LogP contribution >= 0.6 is 0 Å². The van der Waals surface area contributed by atoms with Gasteiger partial charge in [0.25, 0.3) is 0 Å². The van der Waals surface area contributed by atoms with Crippen molar-refractivity contribution in [3.05, 3.63) is 0 Å². The molecule has 3 N–H and O–H groups in total. The fraction of sp³-hybridized carbons (Fsp3) is 1.00. The van der Waals surface area contributed by atoms with Crippen LogP contribution in [0.3, 0.4) is 0 Å². The van der Waals surface area contributed by atoms with E-state index in [4.69, 9.17) is 15.3 Å². The first kappa shape index (κ1) is 19.1. The highest BCUT2D eigenvalue weighted by atomic mass is 32.3. The fourth-order valence-corrected chi connectivity index (χ4v) is 1.06. The molecule has 0 saturated carbocycles. The largest absolute Gasteiger partial charge is 0.726 e. The molecule has 106 valence electrons. The lowest BCUT2D eigenvalue weighted by Gasteiger charge is -2.32. The van der Waals surface area contributed by atoms with E-state index in [9.17, 15) is 13.0 Å². The zero-order valence-electron chi connectivity index (χ0n) is 10.1. The lowest BCUT2D eigenvalue weighted by Crippen LogP contribution is -2.49. The Balaban J connectivity index is 0. The Morgan fingerprint density at radius 2 is 1.29 bits per heavy atom. The molecule has 17 heavy (non-hydrogen) atoms. The van der Waals surface area contributed by atoms with Crippen molar-refractivity contribution < 1.29 is 37.0 Å². The summed E-state index contributed by atoms with van der Waals surface area (Å²) in [5, 5.41) is 26.0. The molecule has 0 bridgehead atoms. The van der Waals surface area contributed by atoms with E-state index in [1.165, 1.54) is 0 Å². The predicted octanol–water partition coefficient (Wildman–Crippen LogP) is -2.50. The van der Waals surface area contributed by atoms with Gasteiger partial charge >= 0.3 is 0 Å². The molecule has 0 aromatic rings. The molecule has 8 nitrogen and oxygen atoms in total. The molecule has 0 aliphatic carbocycles. The minimum absolute atomic E-state index is 0.0938. The molecule has 0 atom stereocenters. The second-order valence-electron chi connectivity index (χ2n) is 3.54. The number of nitrogens with zero attached hydrogens (tertiary/aromatic N) is 1. The van der Waals surface area contributed by atoms with Gasteiger partial charge < -0.3 is 24.4 Å². The number of hydrogen-bond donors (Lipinski definition) is 3. The number of likely N-dealkylation sites (N-methyl/N-ethyl adjacent to an activating group) is 1. The molecule has 0 saturated heterocycles. The first-order chi connectivity index (χ1) is 7.74. The van der Waals surface area contributed by atoms with Gasteiger partial charge in [-0.25, -0.2) is 8.42 Å². The Morgan fingerprint density at radius 1 is 1.06 bits per heavy atom. The maximum absolute atomic E-state index is 9.22. The number of aliphatic hydroxyl groups excluding tert-OH is 3. The smallest absolute Gasteiger partial charge is 0.217 e. The van der Waals surface area contributed by atoms with E-state index >= 15 is 0 Å². The van der Waals surface area contributed by atoms with Crippen molar-refractivity contribution in [1.82, 2.24) is 0 Å². The van der Waals surface area contributed by atoms with E-state index in [0.717, 1.165) is 7.11 Å². The van der Waals surface area contributed by atoms with Crippen molar-refractivity contribution >= 4 is 10.4 Å². The van der Waals surface area contributed by atoms with Gasteiger partial charge in [-0.05, 0) is 0 Å². The van der Waals surface area contributed by atoms with Crippen molar-refractivity contribution in [3.8, 4) is 0 Å². The van der Waals surface area contributed by atoms with Crippen LogP contribution < -0.4 is 0 Å². The summed E-state index contributed by atoms with van der Waals surface area (Å²) in [6, 6.07) is 0. The summed E-state index contributed by atoms with van der Waals surface area (Å²) in [6.45, 7) is 2.03. The van der Waals surface area contributed by atoms with Gasteiger partial charge in [-0.3, -0.25) is 4.18 Å². The molecular formula is C8H21NO7S.